The molecule has 0 fully saturated rings. The first-order chi connectivity index (χ1) is 6.59. The second-order valence-electron chi connectivity index (χ2n) is 4.83. The van der Waals surface area contributed by atoms with E-state index >= 15 is 0 Å². The fourth-order valence-corrected chi connectivity index (χ4v) is 2.48. The Morgan fingerprint density at radius 3 is 2.64 bits per heavy atom. The molecule has 5 atom stereocenters. The van der Waals surface area contributed by atoms with Crippen LogP contribution in [0.5, 0.6) is 0 Å². The van der Waals surface area contributed by atoms with Gasteiger partial charge in [-0.15, -0.1) is 0 Å². The minimum Gasteiger partial charge on any atom is -0.324 e. The maximum Gasteiger partial charge on any atom is 0.0321 e. The number of hydrogen-bond acceptors (Lipinski definition) is 2. The minimum atomic E-state index is 0.184. The summed E-state index contributed by atoms with van der Waals surface area (Å²) in [5, 5.41) is 0. The van der Waals surface area contributed by atoms with Crippen molar-refractivity contribution in [2.24, 2.45) is 29.2 Å². The zero-order chi connectivity index (χ0) is 10.3. The highest BCUT2D eigenvalue weighted by atomic mass is 14.7. The average molecular weight is 192 g/mol. The lowest BCUT2D eigenvalue weighted by molar-refractivity contribution is 0.375. The van der Waals surface area contributed by atoms with Gasteiger partial charge in [-0.05, 0) is 29.7 Å². The van der Waals surface area contributed by atoms with Crippen LogP contribution in [-0.4, -0.2) is 12.1 Å². The number of allylic oxidation sites excluding steroid dienone is 1. The summed E-state index contributed by atoms with van der Waals surface area (Å²) in [5.41, 5.74) is 13.6. The lowest BCUT2D eigenvalue weighted by Gasteiger charge is -2.37. The van der Waals surface area contributed by atoms with Crippen LogP contribution in [0.25, 0.3) is 0 Å². The van der Waals surface area contributed by atoms with Gasteiger partial charge in [-0.1, -0.05) is 32.1 Å². The van der Waals surface area contributed by atoms with Crippen molar-refractivity contribution in [3.63, 3.8) is 0 Å². The van der Waals surface area contributed by atoms with Crippen molar-refractivity contribution in [1.82, 2.24) is 0 Å². The molecule has 0 radical (unpaired) electrons. The van der Waals surface area contributed by atoms with Crippen LogP contribution < -0.4 is 11.5 Å². The predicted octanol–water partition coefficient (Wildman–Crippen LogP) is 1.43. The second kappa shape index (κ2) is 3.52. The van der Waals surface area contributed by atoms with E-state index in [2.05, 4.69) is 32.1 Å². The van der Waals surface area contributed by atoms with Gasteiger partial charge in [0.1, 0.15) is 0 Å². The zero-order valence-electron chi connectivity index (χ0n) is 8.98. The predicted molar refractivity (Wildman–Crippen MR) is 59.6 cm³/mol. The van der Waals surface area contributed by atoms with Gasteiger partial charge < -0.3 is 11.5 Å². The van der Waals surface area contributed by atoms with Gasteiger partial charge >= 0.3 is 0 Å². The fourth-order valence-electron chi connectivity index (χ4n) is 2.48. The first-order valence-electron chi connectivity index (χ1n) is 5.50. The van der Waals surface area contributed by atoms with Crippen LogP contribution in [0.2, 0.25) is 0 Å². The van der Waals surface area contributed by atoms with Crippen LogP contribution in [-0.2, 0) is 0 Å². The number of hydrogen-bond donors (Lipinski definition) is 2. The molecule has 14 heavy (non-hydrogen) atoms. The summed E-state index contributed by atoms with van der Waals surface area (Å²) in [7, 11) is 0. The molecule has 0 amide bonds. The monoisotopic (exact) mass is 192 g/mol. The maximum atomic E-state index is 6.17. The maximum absolute atomic E-state index is 6.17. The van der Waals surface area contributed by atoms with E-state index < -0.39 is 0 Å². The summed E-state index contributed by atoms with van der Waals surface area (Å²) in [6.07, 6.45) is 7.91. The summed E-state index contributed by atoms with van der Waals surface area (Å²) in [4.78, 5) is 0. The van der Waals surface area contributed by atoms with E-state index in [0.29, 0.717) is 17.8 Å². The first kappa shape index (κ1) is 9.94. The third-order valence-corrected chi connectivity index (χ3v) is 3.69. The van der Waals surface area contributed by atoms with E-state index in [-0.39, 0.29) is 12.1 Å². The van der Waals surface area contributed by atoms with Gasteiger partial charge in [0, 0.05) is 12.1 Å². The van der Waals surface area contributed by atoms with Crippen molar-refractivity contribution in [3.05, 3.63) is 23.8 Å². The molecule has 78 valence electrons. The number of nitrogens with two attached hydrogens (primary N) is 2. The Balaban J connectivity index is 2.30. The van der Waals surface area contributed by atoms with Crippen molar-refractivity contribution in [1.29, 1.82) is 0 Å². The normalized spacial score (nSPS) is 47.1. The van der Waals surface area contributed by atoms with Crippen molar-refractivity contribution in [2.75, 3.05) is 0 Å². The Hall–Kier alpha value is -0.600. The third kappa shape index (κ3) is 1.53. The molecular weight excluding hydrogens is 172 g/mol. The van der Waals surface area contributed by atoms with E-state index in [4.69, 9.17) is 11.5 Å². The quantitative estimate of drug-likeness (QED) is 0.570. The van der Waals surface area contributed by atoms with Gasteiger partial charge in [0.2, 0.25) is 0 Å². The Morgan fingerprint density at radius 2 is 1.93 bits per heavy atom. The van der Waals surface area contributed by atoms with Crippen LogP contribution in [0.4, 0.5) is 0 Å². The van der Waals surface area contributed by atoms with Crippen LogP contribution >= 0.6 is 0 Å². The summed E-state index contributed by atoms with van der Waals surface area (Å²) in [6, 6.07) is 0.384. The molecule has 0 saturated heterocycles. The molecular formula is C12H20N2. The van der Waals surface area contributed by atoms with Crippen molar-refractivity contribution in [2.45, 2.75) is 32.4 Å². The van der Waals surface area contributed by atoms with Crippen molar-refractivity contribution >= 4 is 0 Å². The van der Waals surface area contributed by atoms with Gasteiger partial charge in [-0.25, -0.2) is 0 Å². The molecule has 2 aliphatic carbocycles. The molecule has 0 aromatic rings. The van der Waals surface area contributed by atoms with Gasteiger partial charge in [-0.3, -0.25) is 0 Å². The van der Waals surface area contributed by atoms with Gasteiger partial charge in [-0.2, -0.15) is 0 Å². The zero-order valence-corrected chi connectivity index (χ0v) is 8.98. The standard InChI is InChI=1S/C12H20N2/c1-7-3-4-9-5-8(2)11(13)6-10(9)12(7)14/h3-4,6-9,11-12H,5,13-14H2,1-2H3. The van der Waals surface area contributed by atoms with Gasteiger partial charge in [0.25, 0.3) is 0 Å². The number of rotatable bonds is 0. The van der Waals surface area contributed by atoms with E-state index in [0.717, 1.165) is 6.42 Å². The van der Waals surface area contributed by atoms with E-state index in [1.807, 2.05) is 0 Å². The molecule has 2 aliphatic rings. The molecule has 0 aliphatic heterocycles. The van der Waals surface area contributed by atoms with E-state index in [9.17, 15) is 0 Å². The molecule has 0 bridgehead atoms. The highest BCUT2D eigenvalue weighted by Crippen LogP contribution is 2.36. The summed E-state index contributed by atoms with van der Waals surface area (Å²) >= 11 is 0. The molecule has 0 aromatic heterocycles. The Kier molecular flexibility index (Phi) is 2.50. The molecule has 0 spiro atoms. The Morgan fingerprint density at radius 1 is 1.21 bits per heavy atom. The van der Waals surface area contributed by atoms with Crippen molar-refractivity contribution < 1.29 is 0 Å². The average Bonchev–Trinajstić information content (AvgIpc) is 2.15. The Bertz CT molecular complexity index is 280. The minimum absolute atomic E-state index is 0.184. The molecule has 0 saturated carbocycles. The first-order valence-corrected chi connectivity index (χ1v) is 5.50. The summed E-state index contributed by atoms with van der Waals surface area (Å²) < 4.78 is 0. The lowest BCUT2D eigenvalue weighted by atomic mass is 9.71. The molecule has 2 rings (SSSR count). The topological polar surface area (TPSA) is 52.0 Å². The smallest absolute Gasteiger partial charge is 0.0321 e. The highest BCUT2D eigenvalue weighted by Gasteiger charge is 2.32. The molecule has 2 heteroatoms. The van der Waals surface area contributed by atoms with Gasteiger partial charge in [0.15, 0.2) is 0 Å². The van der Waals surface area contributed by atoms with E-state index in [1.54, 1.807) is 0 Å². The van der Waals surface area contributed by atoms with Crippen LogP contribution in [0.1, 0.15) is 20.3 Å². The number of fused-ring (bicyclic) bond motifs is 1. The molecule has 0 heterocycles. The van der Waals surface area contributed by atoms with Crippen LogP contribution in [0.15, 0.2) is 23.8 Å². The molecule has 0 aromatic carbocycles. The second-order valence-corrected chi connectivity index (χ2v) is 4.83. The molecule has 4 N–H and O–H groups in total. The SMILES string of the molecule is CC1C=CC2CC(C)C(N)C=C2C1N. The van der Waals surface area contributed by atoms with E-state index in [1.165, 1.54) is 5.57 Å². The molecule has 2 nitrogen and oxygen atoms in total. The summed E-state index contributed by atoms with van der Waals surface area (Å²) in [5.74, 6) is 1.59. The van der Waals surface area contributed by atoms with Crippen LogP contribution in [0, 0.1) is 17.8 Å². The highest BCUT2D eigenvalue weighted by molar-refractivity contribution is 5.30. The molecule has 5 unspecified atom stereocenters. The third-order valence-electron chi connectivity index (χ3n) is 3.69. The largest absolute Gasteiger partial charge is 0.324 e. The van der Waals surface area contributed by atoms with Crippen molar-refractivity contribution in [3.8, 4) is 0 Å². The summed E-state index contributed by atoms with van der Waals surface area (Å²) in [6.45, 7) is 4.39. The van der Waals surface area contributed by atoms with Crippen LogP contribution in [0.3, 0.4) is 0 Å². The van der Waals surface area contributed by atoms with Gasteiger partial charge in [0.05, 0.1) is 0 Å². The fraction of sp³-hybridized carbons (Fsp3) is 0.667. The Labute approximate surface area is 86.0 Å². The lowest BCUT2D eigenvalue weighted by Crippen LogP contribution is -2.41.